The molecule has 1 fully saturated rings. The number of carbonyl (C=O) groups is 2. The molecule has 0 saturated heterocycles. The van der Waals surface area contributed by atoms with Gasteiger partial charge in [0.2, 0.25) is 11.8 Å². The largest absolute Gasteiger partial charge is 0.325 e. The lowest BCUT2D eigenvalue weighted by Gasteiger charge is -2.32. The van der Waals surface area contributed by atoms with Crippen molar-refractivity contribution in [3.8, 4) is 0 Å². The Morgan fingerprint density at radius 3 is 2.42 bits per heavy atom. The predicted molar refractivity (Wildman–Crippen MR) is 93.9 cm³/mol. The molecule has 2 aromatic rings. The molecule has 1 saturated carbocycles. The van der Waals surface area contributed by atoms with E-state index < -0.39 is 5.41 Å². The van der Waals surface area contributed by atoms with Gasteiger partial charge in [0.05, 0.1) is 0 Å². The molecule has 2 aliphatic rings. The van der Waals surface area contributed by atoms with Gasteiger partial charge in [-0.25, -0.2) is 0 Å². The van der Waals surface area contributed by atoms with Crippen molar-refractivity contribution in [2.75, 3.05) is 16.8 Å². The topological polar surface area (TPSA) is 49.4 Å². The molecule has 4 nitrogen and oxygen atoms in total. The van der Waals surface area contributed by atoms with Crippen molar-refractivity contribution in [3.63, 3.8) is 0 Å². The van der Waals surface area contributed by atoms with Crippen LogP contribution < -0.4 is 10.2 Å². The minimum absolute atomic E-state index is 0.0527. The fourth-order valence-electron chi connectivity index (χ4n) is 3.44. The van der Waals surface area contributed by atoms with Gasteiger partial charge in [0.1, 0.15) is 5.41 Å². The highest BCUT2D eigenvalue weighted by atomic mass is 16.2. The first kappa shape index (κ1) is 14.9. The van der Waals surface area contributed by atoms with Crippen molar-refractivity contribution in [1.29, 1.82) is 0 Å². The van der Waals surface area contributed by atoms with Gasteiger partial charge in [-0.3, -0.25) is 9.59 Å². The molecule has 4 heteroatoms. The average molecular weight is 320 g/mol. The summed E-state index contributed by atoms with van der Waals surface area (Å²) >= 11 is 0. The summed E-state index contributed by atoms with van der Waals surface area (Å²) < 4.78 is 0. The molecule has 2 amide bonds. The Morgan fingerprint density at radius 1 is 0.958 bits per heavy atom. The van der Waals surface area contributed by atoms with Gasteiger partial charge in [-0.15, -0.1) is 0 Å². The van der Waals surface area contributed by atoms with E-state index in [0.717, 1.165) is 24.2 Å². The summed E-state index contributed by atoms with van der Waals surface area (Å²) in [6.07, 6.45) is 3.19. The summed E-state index contributed by atoms with van der Waals surface area (Å²) in [5.74, 6) is -0.232. The second-order valence-electron chi connectivity index (χ2n) is 6.59. The number of aryl methyl sites for hydroxylation is 1. The Kier molecular flexibility index (Phi) is 3.60. The number of benzene rings is 2. The van der Waals surface area contributed by atoms with Crippen LogP contribution in [0.4, 0.5) is 11.4 Å². The summed E-state index contributed by atoms with van der Waals surface area (Å²) in [6, 6.07) is 17.3. The maximum atomic E-state index is 13.1. The third-order valence-electron chi connectivity index (χ3n) is 4.98. The van der Waals surface area contributed by atoms with E-state index in [1.54, 1.807) is 0 Å². The Hall–Kier alpha value is -2.62. The second kappa shape index (κ2) is 5.78. The van der Waals surface area contributed by atoms with E-state index in [2.05, 4.69) is 11.4 Å². The highest BCUT2D eigenvalue weighted by molar-refractivity contribution is 6.17. The van der Waals surface area contributed by atoms with Crippen LogP contribution in [-0.4, -0.2) is 18.4 Å². The number of hydrogen-bond donors (Lipinski definition) is 1. The third kappa shape index (κ3) is 2.48. The van der Waals surface area contributed by atoms with Crippen molar-refractivity contribution in [1.82, 2.24) is 0 Å². The summed E-state index contributed by atoms with van der Waals surface area (Å²) in [6.45, 7) is 0.691. The SMILES string of the molecule is O=C(Nc1ccccc1)C1(C(=O)N2CCCc3ccccc32)CC1. The lowest BCUT2D eigenvalue weighted by atomic mass is 9.97. The summed E-state index contributed by atoms with van der Waals surface area (Å²) in [7, 11) is 0. The number of para-hydroxylation sites is 2. The first-order valence-corrected chi connectivity index (χ1v) is 8.47. The first-order chi connectivity index (χ1) is 11.7. The van der Waals surface area contributed by atoms with Gasteiger partial charge in [-0.1, -0.05) is 36.4 Å². The smallest absolute Gasteiger partial charge is 0.242 e. The maximum Gasteiger partial charge on any atom is 0.242 e. The van der Waals surface area contributed by atoms with Crippen LogP contribution in [0.15, 0.2) is 54.6 Å². The molecule has 24 heavy (non-hydrogen) atoms. The predicted octanol–water partition coefficient (Wildman–Crippen LogP) is 3.38. The molecule has 2 aromatic carbocycles. The van der Waals surface area contributed by atoms with E-state index >= 15 is 0 Å². The number of rotatable bonds is 3. The Balaban J connectivity index is 1.57. The third-order valence-corrected chi connectivity index (χ3v) is 4.98. The number of hydrogen-bond acceptors (Lipinski definition) is 2. The second-order valence-corrected chi connectivity index (χ2v) is 6.59. The highest BCUT2D eigenvalue weighted by Crippen LogP contribution is 2.49. The van der Waals surface area contributed by atoms with E-state index in [4.69, 9.17) is 0 Å². The molecular formula is C20H20N2O2. The van der Waals surface area contributed by atoms with Crippen molar-refractivity contribution >= 4 is 23.2 Å². The van der Waals surface area contributed by atoms with E-state index in [9.17, 15) is 9.59 Å². The van der Waals surface area contributed by atoms with Crippen molar-refractivity contribution < 1.29 is 9.59 Å². The molecule has 0 bridgehead atoms. The quantitative estimate of drug-likeness (QED) is 0.881. The molecule has 0 unspecified atom stereocenters. The van der Waals surface area contributed by atoms with E-state index in [-0.39, 0.29) is 11.8 Å². The van der Waals surface area contributed by atoms with Crippen LogP contribution in [-0.2, 0) is 16.0 Å². The average Bonchev–Trinajstić information content (AvgIpc) is 3.43. The molecule has 1 heterocycles. The molecule has 0 spiro atoms. The fourth-order valence-corrected chi connectivity index (χ4v) is 3.44. The van der Waals surface area contributed by atoms with Gasteiger partial charge >= 0.3 is 0 Å². The Labute approximate surface area is 141 Å². The molecule has 4 rings (SSSR count). The van der Waals surface area contributed by atoms with Crippen molar-refractivity contribution in [2.45, 2.75) is 25.7 Å². The van der Waals surface area contributed by atoms with Gasteiger partial charge < -0.3 is 10.2 Å². The first-order valence-electron chi connectivity index (χ1n) is 8.47. The minimum Gasteiger partial charge on any atom is -0.325 e. The number of nitrogens with zero attached hydrogens (tertiary/aromatic N) is 1. The Bertz CT molecular complexity index is 781. The van der Waals surface area contributed by atoms with Crippen LogP contribution in [0, 0.1) is 5.41 Å². The summed E-state index contributed by atoms with van der Waals surface area (Å²) in [4.78, 5) is 27.7. The van der Waals surface area contributed by atoms with Crippen molar-refractivity contribution in [2.24, 2.45) is 5.41 Å². The van der Waals surface area contributed by atoms with Gasteiger partial charge in [0.25, 0.3) is 0 Å². The number of amides is 2. The van der Waals surface area contributed by atoms with Crippen LogP contribution in [0.3, 0.4) is 0 Å². The van der Waals surface area contributed by atoms with Gasteiger partial charge in [-0.2, -0.15) is 0 Å². The minimum atomic E-state index is -0.889. The number of nitrogens with one attached hydrogen (secondary N) is 1. The standard InChI is InChI=1S/C20H20N2O2/c23-18(21-16-9-2-1-3-10-16)20(12-13-20)19(24)22-14-6-8-15-7-4-5-11-17(15)22/h1-5,7,9-11H,6,8,12-14H2,(H,21,23). The number of carbonyl (C=O) groups excluding carboxylic acids is 2. The molecule has 1 aliphatic heterocycles. The van der Waals surface area contributed by atoms with Crippen LogP contribution in [0.1, 0.15) is 24.8 Å². The molecule has 0 atom stereocenters. The molecular weight excluding hydrogens is 300 g/mol. The molecule has 1 aliphatic carbocycles. The van der Waals surface area contributed by atoms with Crippen molar-refractivity contribution in [3.05, 3.63) is 60.2 Å². The normalized spacial score (nSPS) is 17.8. The number of fused-ring (bicyclic) bond motifs is 1. The summed E-state index contributed by atoms with van der Waals surface area (Å²) in [5, 5.41) is 2.90. The fraction of sp³-hybridized carbons (Fsp3) is 0.300. The molecule has 0 radical (unpaired) electrons. The zero-order chi connectivity index (χ0) is 16.6. The molecule has 1 N–H and O–H groups in total. The van der Waals surface area contributed by atoms with Crippen LogP contribution in [0.5, 0.6) is 0 Å². The lowest BCUT2D eigenvalue weighted by molar-refractivity contribution is -0.132. The molecule has 0 aromatic heterocycles. The van der Waals surface area contributed by atoms with Crippen LogP contribution >= 0.6 is 0 Å². The van der Waals surface area contributed by atoms with Gasteiger partial charge in [-0.05, 0) is 49.4 Å². The van der Waals surface area contributed by atoms with Crippen LogP contribution in [0.2, 0.25) is 0 Å². The monoisotopic (exact) mass is 320 g/mol. The Morgan fingerprint density at radius 2 is 1.67 bits per heavy atom. The van der Waals surface area contributed by atoms with Crippen LogP contribution in [0.25, 0.3) is 0 Å². The van der Waals surface area contributed by atoms with E-state index in [1.165, 1.54) is 5.56 Å². The summed E-state index contributed by atoms with van der Waals surface area (Å²) in [5.41, 5.74) is 2.00. The zero-order valence-corrected chi connectivity index (χ0v) is 13.5. The van der Waals surface area contributed by atoms with E-state index in [0.29, 0.717) is 19.4 Å². The maximum absolute atomic E-state index is 13.1. The van der Waals surface area contributed by atoms with Gasteiger partial charge in [0.15, 0.2) is 0 Å². The zero-order valence-electron chi connectivity index (χ0n) is 13.5. The molecule has 122 valence electrons. The van der Waals surface area contributed by atoms with Gasteiger partial charge in [0, 0.05) is 17.9 Å². The lowest BCUT2D eigenvalue weighted by Crippen LogP contribution is -2.45. The van der Waals surface area contributed by atoms with E-state index in [1.807, 2.05) is 53.4 Å². The highest BCUT2D eigenvalue weighted by Gasteiger charge is 2.58. The number of anilines is 2.